The average Bonchev–Trinajstić information content (AvgIpc) is 2.36. The second-order valence-corrected chi connectivity index (χ2v) is 5.38. The van der Waals surface area contributed by atoms with Crippen molar-refractivity contribution >= 4 is 16.7 Å². The lowest BCUT2D eigenvalue weighted by atomic mass is 9.92. The van der Waals surface area contributed by atoms with Crippen molar-refractivity contribution in [3.63, 3.8) is 0 Å². The zero-order valence-corrected chi connectivity index (χ0v) is 11.2. The van der Waals surface area contributed by atoms with E-state index < -0.39 is 5.41 Å². The van der Waals surface area contributed by atoms with Crippen molar-refractivity contribution in [2.45, 2.75) is 20.8 Å². The third kappa shape index (κ3) is 2.78. The molecule has 0 saturated carbocycles. The van der Waals surface area contributed by atoms with Crippen LogP contribution in [-0.2, 0) is 0 Å². The molecule has 1 aromatic carbocycles. The maximum Gasteiger partial charge on any atom is 0.208 e. The van der Waals surface area contributed by atoms with E-state index in [2.05, 4.69) is 9.97 Å². The van der Waals surface area contributed by atoms with Gasteiger partial charge in [0, 0.05) is 16.9 Å². The molecule has 0 unspecified atom stereocenters. The van der Waals surface area contributed by atoms with Gasteiger partial charge in [-0.05, 0) is 6.07 Å². The van der Waals surface area contributed by atoms with Gasteiger partial charge < -0.3 is 5.11 Å². The van der Waals surface area contributed by atoms with Crippen LogP contribution in [0.2, 0.25) is 0 Å². The van der Waals surface area contributed by atoms with E-state index in [1.54, 1.807) is 6.07 Å². The molecule has 0 atom stereocenters. The van der Waals surface area contributed by atoms with Gasteiger partial charge in [-0.2, -0.15) is 0 Å². The fraction of sp³-hybridized carbons (Fsp3) is 0.267. The van der Waals surface area contributed by atoms with Crippen molar-refractivity contribution in [1.82, 2.24) is 9.97 Å². The van der Waals surface area contributed by atoms with Crippen molar-refractivity contribution in [2.75, 3.05) is 0 Å². The first kappa shape index (κ1) is 13.2. The predicted molar refractivity (Wildman–Crippen MR) is 74.0 cm³/mol. The SMILES string of the molecule is CC(C)(C)/C(O)=C/C(=O)c1ncnc2ccccc12. The summed E-state index contributed by atoms with van der Waals surface area (Å²) in [5, 5.41) is 10.6. The van der Waals surface area contributed by atoms with Gasteiger partial charge in [-0.1, -0.05) is 39.0 Å². The van der Waals surface area contributed by atoms with Gasteiger partial charge in [0.2, 0.25) is 5.78 Å². The molecule has 2 rings (SSSR count). The van der Waals surface area contributed by atoms with Crippen molar-refractivity contribution < 1.29 is 9.90 Å². The summed E-state index contributed by atoms with van der Waals surface area (Å²) in [6.45, 7) is 5.51. The van der Waals surface area contributed by atoms with E-state index in [1.807, 2.05) is 39.0 Å². The molecule has 0 bridgehead atoms. The van der Waals surface area contributed by atoms with Crippen molar-refractivity contribution in [1.29, 1.82) is 0 Å². The van der Waals surface area contributed by atoms with Crippen LogP contribution in [0.15, 0.2) is 42.4 Å². The standard InChI is InChI=1S/C15H16N2O2/c1-15(2,3)13(19)8-12(18)14-10-6-4-5-7-11(10)16-9-17-14/h4-9,19H,1-3H3/b13-8-. The molecule has 2 aromatic rings. The zero-order valence-electron chi connectivity index (χ0n) is 11.2. The molecule has 0 saturated heterocycles. The number of carbonyl (C=O) groups excluding carboxylic acids is 1. The van der Waals surface area contributed by atoms with E-state index in [4.69, 9.17) is 0 Å². The number of hydrogen-bond donors (Lipinski definition) is 1. The fourth-order valence-corrected chi connectivity index (χ4v) is 1.61. The lowest BCUT2D eigenvalue weighted by Crippen LogP contribution is -2.11. The van der Waals surface area contributed by atoms with Gasteiger partial charge in [-0.15, -0.1) is 0 Å². The normalized spacial score (nSPS) is 12.7. The highest BCUT2D eigenvalue weighted by Crippen LogP contribution is 2.23. The monoisotopic (exact) mass is 256 g/mol. The highest BCUT2D eigenvalue weighted by molar-refractivity contribution is 6.11. The number of hydrogen-bond acceptors (Lipinski definition) is 4. The minimum absolute atomic E-state index is 0.0418. The van der Waals surface area contributed by atoms with E-state index in [-0.39, 0.29) is 11.5 Å². The molecule has 1 aromatic heterocycles. The maximum atomic E-state index is 12.2. The number of para-hydroxylation sites is 1. The Bertz CT molecular complexity index is 649. The van der Waals surface area contributed by atoms with Crippen LogP contribution in [-0.4, -0.2) is 20.9 Å². The molecule has 0 radical (unpaired) electrons. The Balaban J connectivity index is 2.49. The van der Waals surface area contributed by atoms with Crippen LogP contribution >= 0.6 is 0 Å². The topological polar surface area (TPSA) is 63.1 Å². The number of aliphatic hydroxyl groups is 1. The molecule has 4 nitrogen and oxygen atoms in total. The summed E-state index contributed by atoms with van der Waals surface area (Å²) < 4.78 is 0. The van der Waals surface area contributed by atoms with Gasteiger partial charge in [0.15, 0.2) is 0 Å². The molecule has 0 aliphatic rings. The van der Waals surface area contributed by atoms with Crippen LogP contribution in [0.1, 0.15) is 31.3 Å². The molecule has 0 amide bonds. The Hall–Kier alpha value is -2.23. The largest absolute Gasteiger partial charge is 0.512 e. The quantitative estimate of drug-likeness (QED) is 0.508. The summed E-state index contributed by atoms with van der Waals surface area (Å²) >= 11 is 0. The minimum Gasteiger partial charge on any atom is -0.512 e. The van der Waals surface area contributed by atoms with Crippen LogP contribution in [0, 0.1) is 5.41 Å². The highest BCUT2D eigenvalue weighted by atomic mass is 16.3. The second-order valence-electron chi connectivity index (χ2n) is 5.38. The first-order chi connectivity index (χ1) is 8.89. The Labute approximate surface area is 111 Å². The first-order valence-corrected chi connectivity index (χ1v) is 6.05. The number of rotatable bonds is 2. The van der Waals surface area contributed by atoms with Gasteiger partial charge in [0.05, 0.1) is 5.52 Å². The van der Waals surface area contributed by atoms with Gasteiger partial charge in [0.1, 0.15) is 17.8 Å². The Morgan fingerprint density at radius 3 is 2.58 bits per heavy atom. The average molecular weight is 256 g/mol. The molecular formula is C15H16N2O2. The lowest BCUT2D eigenvalue weighted by molar-refractivity contribution is 0.103. The minimum atomic E-state index is -0.460. The number of benzene rings is 1. The van der Waals surface area contributed by atoms with Crippen molar-refractivity contribution in [3.8, 4) is 0 Å². The smallest absolute Gasteiger partial charge is 0.208 e. The van der Waals surface area contributed by atoms with Crippen LogP contribution in [0.25, 0.3) is 10.9 Å². The molecular weight excluding hydrogens is 240 g/mol. The third-order valence-electron chi connectivity index (χ3n) is 2.81. The molecule has 98 valence electrons. The molecule has 1 N–H and O–H groups in total. The highest BCUT2D eigenvalue weighted by Gasteiger charge is 2.19. The summed E-state index contributed by atoms with van der Waals surface area (Å²) in [4.78, 5) is 20.3. The Kier molecular flexibility index (Phi) is 3.34. The summed E-state index contributed by atoms with van der Waals surface area (Å²) in [5.41, 5.74) is 0.560. The van der Waals surface area contributed by atoms with Gasteiger partial charge in [-0.25, -0.2) is 9.97 Å². The van der Waals surface area contributed by atoms with E-state index >= 15 is 0 Å². The van der Waals surface area contributed by atoms with E-state index in [0.29, 0.717) is 16.6 Å². The van der Waals surface area contributed by atoms with Crippen LogP contribution in [0.5, 0.6) is 0 Å². The molecule has 0 fully saturated rings. The Morgan fingerprint density at radius 1 is 1.21 bits per heavy atom. The van der Waals surface area contributed by atoms with Gasteiger partial charge in [-0.3, -0.25) is 4.79 Å². The third-order valence-corrected chi connectivity index (χ3v) is 2.81. The van der Waals surface area contributed by atoms with Crippen molar-refractivity contribution in [3.05, 3.63) is 48.1 Å². The number of ketones is 1. The van der Waals surface area contributed by atoms with Crippen molar-refractivity contribution in [2.24, 2.45) is 5.41 Å². The first-order valence-electron chi connectivity index (χ1n) is 6.05. The second kappa shape index (κ2) is 4.80. The molecule has 0 aliphatic carbocycles. The molecule has 0 aliphatic heterocycles. The summed E-state index contributed by atoms with van der Waals surface area (Å²) in [6, 6.07) is 7.30. The number of fused-ring (bicyclic) bond motifs is 1. The van der Waals surface area contributed by atoms with E-state index in [0.717, 1.165) is 0 Å². The fourth-order valence-electron chi connectivity index (χ4n) is 1.61. The molecule has 0 spiro atoms. The summed E-state index contributed by atoms with van der Waals surface area (Å²) in [7, 11) is 0. The summed E-state index contributed by atoms with van der Waals surface area (Å²) in [5.74, 6) is -0.272. The number of aromatic nitrogens is 2. The van der Waals surface area contributed by atoms with E-state index in [1.165, 1.54) is 12.4 Å². The predicted octanol–water partition coefficient (Wildman–Crippen LogP) is 3.30. The number of nitrogens with zero attached hydrogens (tertiary/aromatic N) is 2. The van der Waals surface area contributed by atoms with Crippen LogP contribution in [0.3, 0.4) is 0 Å². The van der Waals surface area contributed by atoms with Crippen LogP contribution in [0.4, 0.5) is 0 Å². The number of allylic oxidation sites excluding steroid dienone is 2. The number of aliphatic hydroxyl groups excluding tert-OH is 1. The van der Waals surface area contributed by atoms with Crippen LogP contribution < -0.4 is 0 Å². The summed E-state index contributed by atoms with van der Waals surface area (Å²) in [6.07, 6.45) is 2.59. The number of carbonyl (C=O) groups is 1. The van der Waals surface area contributed by atoms with E-state index in [9.17, 15) is 9.90 Å². The molecule has 1 heterocycles. The van der Waals surface area contributed by atoms with Gasteiger partial charge >= 0.3 is 0 Å². The lowest BCUT2D eigenvalue weighted by Gasteiger charge is -2.16. The molecule has 4 heteroatoms. The Morgan fingerprint density at radius 2 is 1.89 bits per heavy atom. The maximum absolute atomic E-state index is 12.2. The van der Waals surface area contributed by atoms with Gasteiger partial charge in [0.25, 0.3) is 0 Å². The zero-order chi connectivity index (χ0) is 14.0. The molecule has 19 heavy (non-hydrogen) atoms.